The van der Waals surface area contributed by atoms with Crippen LogP contribution in [0.1, 0.15) is 15.9 Å². The normalized spacial score (nSPS) is 10.5. The van der Waals surface area contributed by atoms with Gasteiger partial charge in [0.15, 0.2) is 0 Å². The lowest BCUT2D eigenvalue weighted by Gasteiger charge is -2.13. The second-order valence-electron chi connectivity index (χ2n) is 5.09. The van der Waals surface area contributed by atoms with Gasteiger partial charge in [0.25, 0.3) is 0 Å². The van der Waals surface area contributed by atoms with Crippen LogP contribution in [0.4, 0.5) is 0 Å². The van der Waals surface area contributed by atoms with E-state index in [0.717, 1.165) is 5.56 Å². The van der Waals surface area contributed by atoms with Gasteiger partial charge in [-0.3, -0.25) is 0 Å². The van der Waals surface area contributed by atoms with Crippen LogP contribution < -0.4 is 9.47 Å². The first-order chi connectivity index (χ1) is 12.7. The van der Waals surface area contributed by atoms with Crippen LogP contribution in [0.25, 0.3) is 0 Å². The molecule has 1 heterocycles. The summed E-state index contributed by atoms with van der Waals surface area (Å²) in [6.07, 6.45) is 1.58. The van der Waals surface area contributed by atoms with E-state index >= 15 is 0 Å². The first kappa shape index (κ1) is 20.0. The Morgan fingerprint density at radius 2 is 2.08 bits per heavy atom. The highest BCUT2D eigenvalue weighted by Gasteiger charge is 2.13. The zero-order valence-electron chi connectivity index (χ0n) is 14.6. The molecule has 0 aliphatic rings. The molecule has 140 valence electrons. The lowest BCUT2D eigenvalue weighted by molar-refractivity contribution is -0.0388. The van der Waals surface area contributed by atoms with Gasteiger partial charge < -0.3 is 24.1 Å². The molecule has 2 rings (SSSR count). The second kappa shape index (κ2) is 10.6. The summed E-state index contributed by atoms with van der Waals surface area (Å²) in [6, 6.07) is 8.66. The maximum atomic E-state index is 11.3. The monoisotopic (exact) mass is 379 g/mol. The Kier molecular flexibility index (Phi) is 8.20. The molecule has 0 bridgehead atoms. The van der Waals surface area contributed by atoms with Crippen molar-refractivity contribution in [3.63, 3.8) is 0 Å². The van der Waals surface area contributed by atoms with Crippen molar-refractivity contribution >= 4 is 17.7 Å². The Morgan fingerprint density at radius 1 is 1.23 bits per heavy atom. The summed E-state index contributed by atoms with van der Waals surface area (Å²) in [5.74, 6) is 0.846. The number of pyridine rings is 1. The minimum atomic E-state index is -0.998. The molecule has 0 aliphatic heterocycles. The van der Waals surface area contributed by atoms with Gasteiger partial charge in [-0.25, -0.2) is 9.78 Å². The van der Waals surface area contributed by atoms with Gasteiger partial charge in [-0.1, -0.05) is 6.07 Å². The predicted molar refractivity (Wildman–Crippen MR) is 97.1 cm³/mol. The fourth-order valence-electron chi connectivity index (χ4n) is 2.08. The smallest absolute Gasteiger partial charge is 0.338 e. The highest BCUT2D eigenvalue weighted by Crippen LogP contribution is 2.31. The molecule has 0 unspecified atom stereocenters. The topological polar surface area (TPSA) is 87.1 Å². The van der Waals surface area contributed by atoms with Gasteiger partial charge in [0, 0.05) is 30.7 Å². The van der Waals surface area contributed by atoms with Crippen molar-refractivity contribution < 1.29 is 28.8 Å². The van der Waals surface area contributed by atoms with Gasteiger partial charge in [0.2, 0.25) is 0 Å². The molecule has 0 radical (unpaired) electrons. The van der Waals surface area contributed by atoms with E-state index in [1.165, 1.54) is 17.8 Å². The Labute approximate surface area is 156 Å². The number of methoxy groups -OCH3 is 2. The van der Waals surface area contributed by atoms with E-state index < -0.39 is 5.97 Å². The molecular weight excluding hydrogens is 358 g/mol. The first-order valence-electron chi connectivity index (χ1n) is 7.83. The van der Waals surface area contributed by atoms with E-state index in [1.807, 2.05) is 12.1 Å². The van der Waals surface area contributed by atoms with Crippen molar-refractivity contribution in [2.45, 2.75) is 10.8 Å². The molecule has 0 aliphatic carbocycles. The molecule has 0 saturated heterocycles. The van der Waals surface area contributed by atoms with E-state index in [2.05, 4.69) is 4.98 Å². The molecule has 7 nitrogen and oxygen atoms in total. The minimum Gasteiger partial charge on any atom is -0.497 e. The SMILES string of the molecule is COCOCCOc1cc(OC)ccc1CSc1ncccc1C(=O)O. The molecule has 1 aromatic heterocycles. The quantitative estimate of drug-likeness (QED) is 0.362. The highest BCUT2D eigenvalue weighted by molar-refractivity contribution is 7.98. The lowest BCUT2D eigenvalue weighted by atomic mass is 10.2. The molecular formula is C18H21NO6S. The molecule has 8 heteroatoms. The zero-order chi connectivity index (χ0) is 18.8. The fraction of sp³-hybridized carbons (Fsp3) is 0.333. The Bertz CT molecular complexity index is 725. The zero-order valence-corrected chi connectivity index (χ0v) is 15.5. The summed E-state index contributed by atoms with van der Waals surface area (Å²) < 4.78 is 21.1. The highest BCUT2D eigenvalue weighted by atomic mass is 32.2. The summed E-state index contributed by atoms with van der Waals surface area (Å²) in [4.78, 5) is 15.4. The van der Waals surface area contributed by atoms with Gasteiger partial charge in [0.05, 0.1) is 19.3 Å². The number of ether oxygens (including phenoxy) is 4. The summed E-state index contributed by atoms with van der Waals surface area (Å²) in [7, 11) is 3.14. The number of aromatic carboxylic acids is 1. The van der Waals surface area contributed by atoms with Crippen LogP contribution in [-0.4, -0.2) is 50.3 Å². The maximum Gasteiger partial charge on any atom is 0.338 e. The van der Waals surface area contributed by atoms with E-state index in [4.69, 9.17) is 18.9 Å². The maximum absolute atomic E-state index is 11.3. The third-order valence-electron chi connectivity index (χ3n) is 3.33. The number of hydrogen-bond donors (Lipinski definition) is 1. The van der Waals surface area contributed by atoms with Gasteiger partial charge in [-0.2, -0.15) is 0 Å². The van der Waals surface area contributed by atoms with Crippen molar-refractivity contribution in [1.82, 2.24) is 4.98 Å². The van der Waals surface area contributed by atoms with Crippen molar-refractivity contribution in [2.75, 3.05) is 34.2 Å². The van der Waals surface area contributed by atoms with E-state index in [0.29, 0.717) is 35.5 Å². The average molecular weight is 379 g/mol. The lowest BCUT2D eigenvalue weighted by Crippen LogP contribution is -2.09. The standard InChI is InChI=1S/C18H21NO6S/c1-22-12-24-8-9-25-16-10-14(23-2)6-5-13(16)11-26-17-15(18(20)21)4-3-7-19-17/h3-7,10H,8-9,11-12H2,1-2H3,(H,20,21). The summed E-state index contributed by atoms with van der Waals surface area (Å²) in [5.41, 5.74) is 1.09. The Hall–Kier alpha value is -2.29. The number of carbonyl (C=O) groups is 1. The van der Waals surface area contributed by atoms with E-state index in [9.17, 15) is 9.90 Å². The predicted octanol–water partition coefficient (Wildman–Crippen LogP) is 3.08. The number of hydrogen-bond acceptors (Lipinski definition) is 7. The largest absolute Gasteiger partial charge is 0.497 e. The van der Waals surface area contributed by atoms with Crippen LogP contribution in [0.2, 0.25) is 0 Å². The molecule has 2 aromatic rings. The average Bonchev–Trinajstić information content (AvgIpc) is 2.66. The summed E-state index contributed by atoms with van der Waals surface area (Å²) in [5, 5.41) is 9.72. The number of carboxylic acid groups (broad SMARTS) is 1. The first-order valence-corrected chi connectivity index (χ1v) is 8.81. The van der Waals surface area contributed by atoms with Crippen molar-refractivity contribution in [3.05, 3.63) is 47.7 Å². The van der Waals surface area contributed by atoms with Gasteiger partial charge in [0.1, 0.15) is 29.9 Å². The number of nitrogens with zero attached hydrogens (tertiary/aromatic N) is 1. The molecule has 1 aromatic carbocycles. The number of aromatic nitrogens is 1. The molecule has 0 fully saturated rings. The Morgan fingerprint density at radius 3 is 2.81 bits per heavy atom. The molecule has 26 heavy (non-hydrogen) atoms. The van der Waals surface area contributed by atoms with Crippen LogP contribution in [0.5, 0.6) is 11.5 Å². The number of carboxylic acids is 1. The third-order valence-corrected chi connectivity index (χ3v) is 4.38. The third kappa shape index (κ3) is 5.91. The Balaban J connectivity index is 2.07. The number of rotatable bonds is 11. The summed E-state index contributed by atoms with van der Waals surface area (Å²) >= 11 is 1.34. The van der Waals surface area contributed by atoms with Crippen LogP contribution in [0.15, 0.2) is 41.6 Å². The fourth-order valence-corrected chi connectivity index (χ4v) is 3.06. The molecule has 1 N–H and O–H groups in total. The van der Waals surface area contributed by atoms with Crippen LogP contribution >= 0.6 is 11.8 Å². The van der Waals surface area contributed by atoms with Gasteiger partial charge >= 0.3 is 5.97 Å². The number of benzene rings is 1. The van der Waals surface area contributed by atoms with Crippen molar-refractivity contribution in [1.29, 1.82) is 0 Å². The van der Waals surface area contributed by atoms with Crippen LogP contribution in [-0.2, 0) is 15.2 Å². The van der Waals surface area contributed by atoms with Crippen LogP contribution in [0.3, 0.4) is 0 Å². The summed E-state index contributed by atoms with van der Waals surface area (Å²) in [6.45, 7) is 0.959. The van der Waals surface area contributed by atoms with Crippen LogP contribution in [0, 0.1) is 0 Å². The minimum absolute atomic E-state index is 0.182. The molecule has 0 spiro atoms. The molecule has 0 atom stereocenters. The second-order valence-corrected chi connectivity index (χ2v) is 6.05. The van der Waals surface area contributed by atoms with Gasteiger partial charge in [-0.05, 0) is 18.2 Å². The number of thioether (sulfide) groups is 1. The van der Waals surface area contributed by atoms with Crippen molar-refractivity contribution in [2.24, 2.45) is 0 Å². The van der Waals surface area contributed by atoms with E-state index in [1.54, 1.807) is 32.5 Å². The van der Waals surface area contributed by atoms with Crippen molar-refractivity contribution in [3.8, 4) is 11.5 Å². The molecule has 0 amide bonds. The molecule has 0 saturated carbocycles. The van der Waals surface area contributed by atoms with Gasteiger partial charge in [-0.15, -0.1) is 11.8 Å². The van der Waals surface area contributed by atoms with E-state index in [-0.39, 0.29) is 12.4 Å².